The number of aryl methyl sites for hydroxylation is 1. The lowest BCUT2D eigenvalue weighted by atomic mass is 10.1. The number of para-hydroxylation sites is 1. The van der Waals surface area contributed by atoms with Gasteiger partial charge in [0.1, 0.15) is 0 Å². The number of amides is 2. The number of nitrogens with one attached hydrogen (secondary N) is 3. The van der Waals surface area contributed by atoms with Crippen LogP contribution in [-0.4, -0.2) is 37.2 Å². The second-order valence-corrected chi connectivity index (χ2v) is 6.31. The molecular weight excluding hydrogens is 362 g/mol. The maximum atomic E-state index is 12.3. The van der Waals surface area contributed by atoms with Gasteiger partial charge in [0.2, 0.25) is 5.91 Å². The molecular formula is C20H23N3O3S. The number of ether oxygens (including phenoxy) is 1. The summed E-state index contributed by atoms with van der Waals surface area (Å²) in [7, 11) is 1.57. The fraction of sp³-hybridized carbons (Fsp3) is 0.250. The molecule has 0 aromatic heterocycles. The molecule has 27 heavy (non-hydrogen) atoms. The van der Waals surface area contributed by atoms with E-state index in [1.807, 2.05) is 31.2 Å². The molecule has 2 aromatic rings. The molecule has 0 aliphatic carbocycles. The van der Waals surface area contributed by atoms with Crippen LogP contribution in [0.3, 0.4) is 0 Å². The number of carbonyl (C=O) groups is 2. The van der Waals surface area contributed by atoms with Gasteiger partial charge in [-0.3, -0.25) is 9.59 Å². The largest absolute Gasteiger partial charge is 0.383 e. The highest BCUT2D eigenvalue weighted by Crippen LogP contribution is 2.15. The smallest absolute Gasteiger partial charge is 0.253 e. The van der Waals surface area contributed by atoms with Crippen molar-refractivity contribution in [3.8, 4) is 0 Å². The first-order valence-electron chi connectivity index (χ1n) is 8.52. The molecule has 0 atom stereocenters. The Hall–Kier alpha value is -2.77. The number of carbonyl (C=O) groups excluding carboxylic acids is 2. The van der Waals surface area contributed by atoms with Crippen molar-refractivity contribution in [2.75, 3.05) is 25.6 Å². The molecule has 0 aliphatic heterocycles. The van der Waals surface area contributed by atoms with Crippen molar-refractivity contribution in [1.82, 2.24) is 10.6 Å². The van der Waals surface area contributed by atoms with E-state index >= 15 is 0 Å². The Morgan fingerprint density at radius 1 is 1.07 bits per heavy atom. The van der Waals surface area contributed by atoms with Crippen molar-refractivity contribution in [2.24, 2.45) is 0 Å². The number of rotatable bonds is 7. The molecule has 2 rings (SSSR count). The van der Waals surface area contributed by atoms with Crippen LogP contribution in [0.25, 0.3) is 0 Å². The highest BCUT2D eigenvalue weighted by molar-refractivity contribution is 7.80. The first-order valence-corrected chi connectivity index (χ1v) is 8.93. The molecule has 6 nitrogen and oxygen atoms in total. The summed E-state index contributed by atoms with van der Waals surface area (Å²) in [6.45, 7) is 2.79. The third kappa shape index (κ3) is 6.47. The standard InChI is InChI=1S/C20H23N3O3S/c1-14-7-3-4-8-15(14)13-18(24)23-20(27)22-17-10-6-5-9-16(17)19(25)21-11-12-26-2/h3-10H,11-13H2,1-2H3,(H,21,25)(H2,22,23,24,27). The third-order valence-corrected chi connectivity index (χ3v) is 4.08. The molecule has 0 radical (unpaired) electrons. The van der Waals surface area contributed by atoms with Crippen LogP contribution in [0.5, 0.6) is 0 Å². The lowest BCUT2D eigenvalue weighted by molar-refractivity contribution is -0.119. The fourth-order valence-electron chi connectivity index (χ4n) is 2.46. The van der Waals surface area contributed by atoms with E-state index in [0.717, 1.165) is 11.1 Å². The minimum atomic E-state index is -0.246. The Morgan fingerprint density at radius 2 is 1.78 bits per heavy atom. The van der Waals surface area contributed by atoms with E-state index in [4.69, 9.17) is 17.0 Å². The van der Waals surface area contributed by atoms with Crippen LogP contribution < -0.4 is 16.0 Å². The second-order valence-electron chi connectivity index (χ2n) is 5.90. The molecule has 3 N–H and O–H groups in total. The van der Waals surface area contributed by atoms with E-state index in [-0.39, 0.29) is 23.3 Å². The second kappa shape index (κ2) is 10.4. The summed E-state index contributed by atoms with van der Waals surface area (Å²) >= 11 is 5.22. The van der Waals surface area contributed by atoms with Gasteiger partial charge in [-0.1, -0.05) is 36.4 Å². The summed E-state index contributed by atoms with van der Waals surface area (Å²) in [5, 5.41) is 8.48. The van der Waals surface area contributed by atoms with Crippen molar-refractivity contribution in [1.29, 1.82) is 0 Å². The summed E-state index contributed by atoms with van der Waals surface area (Å²) in [5.74, 6) is -0.465. The molecule has 2 amide bonds. The van der Waals surface area contributed by atoms with Crippen molar-refractivity contribution in [3.63, 3.8) is 0 Å². The van der Waals surface area contributed by atoms with E-state index in [9.17, 15) is 9.59 Å². The highest BCUT2D eigenvalue weighted by atomic mass is 32.1. The zero-order chi connectivity index (χ0) is 19.6. The SMILES string of the molecule is COCCNC(=O)c1ccccc1NC(=S)NC(=O)Cc1ccccc1C. The molecule has 0 saturated heterocycles. The highest BCUT2D eigenvalue weighted by Gasteiger charge is 2.13. The lowest BCUT2D eigenvalue weighted by Crippen LogP contribution is -2.36. The summed E-state index contributed by atoms with van der Waals surface area (Å²) in [5.41, 5.74) is 2.94. The Morgan fingerprint density at radius 3 is 2.52 bits per heavy atom. The molecule has 0 heterocycles. The van der Waals surface area contributed by atoms with Crippen LogP contribution in [0.15, 0.2) is 48.5 Å². The zero-order valence-corrected chi connectivity index (χ0v) is 16.2. The molecule has 0 spiro atoms. The number of benzene rings is 2. The monoisotopic (exact) mass is 385 g/mol. The van der Waals surface area contributed by atoms with Gasteiger partial charge in [0, 0.05) is 13.7 Å². The lowest BCUT2D eigenvalue weighted by Gasteiger charge is -2.14. The van der Waals surface area contributed by atoms with Crippen LogP contribution in [0, 0.1) is 6.92 Å². The topological polar surface area (TPSA) is 79.5 Å². The number of anilines is 1. The van der Waals surface area contributed by atoms with Gasteiger partial charge in [-0.25, -0.2) is 0 Å². The van der Waals surface area contributed by atoms with Crippen molar-refractivity contribution >= 4 is 34.8 Å². The molecule has 0 aliphatic rings. The van der Waals surface area contributed by atoms with Gasteiger partial charge < -0.3 is 20.7 Å². The molecule has 0 fully saturated rings. The molecule has 0 bridgehead atoms. The van der Waals surface area contributed by atoms with E-state index in [1.165, 1.54) is 0 Å². The maximum Gasteiger partial charge on any atom is 0.253 e. The van der Waals surface area contributed by atoms with Gasteiger partial charge in [0.15, 0.2) is 5.11 Å². The molecule has 0 unspecified atom stereocenters. The predicted octanol–water partition coefficient (Wildman–Crippen LogP) is 2.43. The normalized spacial score (nSPS) is 10.1. The summed E-state index contributed by atoms with van der Waals surface area (Å²) in [6, 6.07) is 14.6. The summed E-state index contributed by atoms with van der Waals surface area (Å²) in [6.07, 6.45) is 0.230. The van der Waals surface area contributed by atoms with Gasteiger partial charge in [0.05, 0.1) is 24.3 Å². The predicted molar refractivity (Wildman–Crippen MR) is 110 cm³/mol. The van der Waals surface area contributed by atoms with E-state index in [0.29, 0.717) is 24.4 Å². The van der Waals surface area contributed by atoms with Crippen molar-refractivity contribution in [2.45, 2.75) is 13.3 Å². The van der Waals surface area contributed by atoms with Crippen LogP contribution in [0.4, 0.5) is 5.69 Å². The Bertz CT molecular complexity index is 824. The maximum absolute atomic E-state index is 12.3. The van der Waals surface area contributed by atoms with Crippen LogP contribution in [0.1, 0.15) is 21.5 Å². The van der Waals surface area contributed by atoms with Gasteiger partial charge in [-0.15, -0.1) is 0 Å². The van der Waals surface area contributed by atoms with Crippen molar-refractivity contribution < 1.29 is 14.3 Å². The van der Waals surface area contributed by atoms with Crippen molar-refractivity contribution in [3.05, 3.63) is 65.2 Å². The summed E-state index contributed by atoms with van der Waals surface area (Å²) < 4.78 is 4.93. The molecule has 0 saturated carbocycles. The van der Waals surface area contributed by atoms with E-state index in [1.54, 1.807) is 31.4 Å². The van der Waals surface area contributed by atoms with Gasteiger partial charge in [-0.05, 0) is 42.4 Å². The number of hydrogen-bond donors (Lipinski definition) is 3. The van der Waals surface area contributed by atoms with Gasteiger partial charge in [0.25, 0.3) is 5.91 Å². The average molecular weight is 385 g/mol. The average Bonchev–Trinajstić information content (AvgIpc) is 2.64. The van der Waals surface area contributed by atoms with E-state index < -0.39 is 0 Å². The zero-order valence-electron chi connectivity index (χ0n) is 15.4. The fourth-order valence-corrected chi connectivity index (χ4v) is 2.68. The Labute approximate surface area is 164 Å². The first-order chi connectivity index (χ1) is 13.0. The molecule has 2 aromatic carbocycles. The molecule has 7 heteroatoms. The van der Waals surface area contributed by atoms with Gasteiger partial charge >= 0.3 is 0 Å². The van der Waals surface area contributed by atoms with Crippen LogP contribution in [0.2, 0.25) is 0 Å². The minimum Gasteiger partial charge on any atom is -0.383 e. The number of thiocarbonyl (C=S) groups is 1. The van der Waals surface area contributed by atoms with Crippen LogP contribution in [-0.2, 0) is 16.0 Å². The minimum absolute atomic E-state index is 0.144. The van der Waals surface area contributed by atoms with Gasteiger partial charge in [-0.2, -0.15) is 0 Å². The third-order valence-electron chi connectivity index (χ3n) is 3.88. The first kappa shape index (κ1) is 20.5. The summed E-state index contributed by atoms with van der Waals surface area (Å²) in [4.78, 5) is 24.5. The van der Waals surface area contributed by atoms with E-state index in [2.05, 4.69) is 16.0 Å². The number of hydrogen-bond acceptors (Lipinski definition) is 4. The quantitative estimate of drug-likeness (QED) is 0.504. The number of methoxy groups -OCH3 is 1. The van der Waals surface area contributed by atoms with Crippen LogP contribution >= 0.6 is 12.2 Å². The Balaban J connectivity index is 1.96. The molecule has 142 valence electrons. The Kier molecular flexibility index (Phi) is 7.91.